The Morgan fingerprint density at radius 3 is 2.69 bits per heavy atom. The number of nitrogens with zero attached hydrogens (tertiary/aromatic N) is 3. The largest absolute Gasteiger partial charge is 0.369 e. The smallest absolute Gasteiger partial charge is 0.209 e. The van der Waals surface area contributed by atoms with Crippen molar-refractivity contribution >= 4 is 5.96 Å². The quantitative estimate of drug-likeness (QED) is 0.301. The van der Waals surface area contributed by atoms with E-state index in [-0.39, 0.29) is 0 Å². The highest BCUT2D eigenvalue weighted by atomic mass is 15.2. The van der Waals surface area contributed by atoms with Gasteiger partial charge in [0.15, 0.2) is 0 Å². The Hall–Kier alpha value is -1.24. The third kappa shape index (κ3) is 5.97. The summed E-state index contributed by atoms with van der Waals surface area (Å²) in [5.41, 5.74) is 5.50. The molecule has 2 N–H and O–H groups in total. The highest BCUT2D eigenvalue weighted by molar-refractivity contribution is 5.78. The SMILES string of the molecule is CCCCCCN(C)C(N)=NC#N. The van der Waals surface area contributed by atoms with E-state index in [1.165, 1.54) is 19.3 Å². The van der Waals surface area contributed by atoms with E-state index in [0.717, 1.165) is 13.0 Å². The molecule has 0 saturated carbocycles. The molecule has 0 atom stereocenters. The van der Waals surface area contributed by atoms with E-state index >= 15 is 0 Å². The highest BCUT2D eigenvalue weighted by Crippen LogP contribution is 1.99. The lowest BCUT2D eigenvalue weighted by molar-refractivity contribution is 0.467. The number of nitrogens with two attached hydrogens (primary N) is 1. The van der Waals surface area contributed by atoms with Crippen LogP contribution in [0, 0.1) is 11.5 Å². The molecule has 0 aromatic heterocycles. The minimum Gasteiger partial charge on any atom is -0.369 e. The zero-order valence-electron chi connectivity index (χ0n) is 8.45. The predicted molar refractivity (Wildman–Crippen MR) is 54.0 cm³/mol. The molecule has 0 amide bonds. The fourth-order valence-electron chi connectivity index (χ4n) is 1.03. The number of aliphatic imine (C=N–C) groups is 1. The van der Waals surface area contributed by atoms with Crippen LogP contribution in [-0.2, 0) is 0 Å². The number of guanidine groups is 1. The van der Waals surface area contributed by atoms with Gasteiger partial charge in [0.1, 0.15) is 0 Å². The van der Waals surface area contributed by atoms with Crippen LogP contribution in [0.15, 0.2) is 4.99 Å². The Morgan fingerprint density at radius 1 is 1.46 bits per heavy atom. The molecule has 0 aromatic carbocycles. The third-order valence-electron chi connectivity index (χ3n) is 1.90. The van der Waals surface area contributed by atoms with Gasteiger partial charge < -0.3 is 10.6 Å². The maximum atomic E-state index is 8.25. The maximum Gasteiger partial charge on any atom is 0.209 e. The summed E-state index contributed by atoms with van der Waals surface area (Å²) in [5.74, 6) is 0.305. The predicted octanol–water partition coefficient (Wildman–Crippen LogP) is 1.29. The second-order valence-corrected chi connectivity index (χ2v) is 3.05. The van der Waals surface area contributed by atoms with Crippen LogP contribution in [-0.4, -0.2) is 24.5 Å². The van der Waals surface area contributed by atoms with Gasteiger partial charge in [0.25, 0.3) is 0 Å². The zero-order chi connectivity index (χ0) is 10.1. The summed E-state index contributed by atoms with van der Waals surface area (Å²) < 4.78 is 0. The highest BCUT2D eigenvalue weighted by Gasteiger charge is 1.99. The van der Waals surface area contributed by atoms with Crippen molar-refractivity contribution in [2.24, 2.45) is 10.7 Å². The lowest BCUT2D eigenvalue weighted by atomic mass is 10.2. The standard InChI is InChI=1S/C9H18N4/c1-3-4-5-6-7-13(2)9(11)12-8-10/h3-7H2,1-2H3,(H2,11,12). The minimum atomic E-state index is 0.305. The van der Waals surface area contributed by atoms with Crippen LogP contribution in [0.4, 0.5) is 0 Å². The lowest BCUT2D eigenvalue weighted by Crippen LogP contribution is -2.34. The summed E-state index contributed by atoms with van der Waals surface area (Å²) >= 11 is 0. The van der Waals surface area contributed by atoms with Crippen molar-refractivity contribution < 1.29 is 0 Å². The normalized spacial score (nSPS) is 11.0. The van der Waals surface area contributed by atoms with E-state index in [1.807, 2.05) is 7.05 Å². The van der Waals surface area contributed by atoms with Gasteiger partial charge >= 0.3 is 0 Å². The lowest BCUT2D eigenvalue weighted by Gasteiger charge is -2.16. The first-order chi connectivity index (χ1) is 6.22. The molecular weight excluding hydrogens is 164 g/mol. The Balaban J connectivity index is 3.57. The fraction of sp³-hybridized carbons (Fsp3) is 0.778. The first-order valence-corrected chi connectivity index (χ1v) is 4.65. The number of hydrogen-bond donors (Lipinski definition) is 1. The van der Waals surface area contributed by atoms with Crippen molar-refractivity contribution in [2.75, 3.05) is 13.6 Å². The molecular formula is C9H18N4. The molecule has 4 nitrogen and oxygen atoms in total. The molecule has 0 spiro atoms. The van der Waals surface area contributed by atoms with Gasteiger partial charge in [0.2, 0.25) is 12.2 Å². The van der Waals surface area contributed by atoms with Crippen LogP contribution in [0.3, 0.4) is 0 Å². The monoisotopic (exact) mass is 182 g/mol. The molecule has 0 unspecified atom stereocenters. The van der Waals surface area contributed by atoms with Crippen molar-refractivity contribution in [1.82, 2.24) is 4.90 Å². The Morgan fingerprint density at radius 2 is 2.15 bits per heavy atom. The molecule has 0 aliphatic rings. The molecule has 13 heavy (non-hydrogen) atoms. The molecule has 4 heteroatoms. The Kier molecular flexibility index (Phi) is 6.70. The van der Waals surface area contributed by atoms with E-state index in [2.05, 4.69) is 11.9 Å². The third-order valence-corrected chi connectivity index (χ3v) is 1.90. The van der Waals surface area contributed by atoms with E-state index < -0.39 is 0 Å². The number of rotatable bonds is 5. The van der Waals surface area contributed by atoms with Crippen LogP contribution >= 0.6 is 0 Å². The molecule has 0 aliphatic carbocycles. The summed E-state index contributed by atoms with van der Waals surface area (Å²) in [6.07, 6.45) is 6.46. The van der Waals surface area contributed by atoms with Gasteiger partial charge in [-0.3, -0.25) is 0 Å². The van der Waals surface area contributed by atoms with Gasteiger partial charge in [-0.25, -0.2) is 0 Å². The molecule has 0 fully saturated rings. The van der Waals surface area contributed by atoms with Gasteiger partial charge in [0.05, 0.1) is 0 Å². The summed E-state index contributed by atoms with van der Waals surface area (Å²) in [4.78, 5) is 5.25. The van der Waals surface area contributed by atoms with E-state index in [9.17, 15) is 0 Å². The van der Waals surface area contributed by atoms with Crippen LogP contribution in [0.5, 0.6) is 0 Å². The van der Waals surface area contributed by atoms with Gasteiger partial charge in [-0.15, -0.1) is 4.99 Å². The Labute approximate surface area is 80.0 Å². The topological polar surface area (TPSA) is 65.4 Å². The average molecular weight is 182 g/mol. The van der Waals surface area contributed by atoms with E-state index in [1.54, 1.807) is 11.1 Å². The summed E-state index contributed by atoms with van der Waals surface area (Å²) in [6, 6.07) is 0. The second-order valence-electron chi connectivity index (χ2n) is 3.05. The van der Waals surface area contributed by atoms with Crippen LogP contribution in [0.1, 0.15) is 32.6 Å². The van der Waals surface area contributed by atoms with Crippen molar-refractivity contribution in [3.8, 4) is 6.19 Å². The number of unbranched alkanes of at least 4 members (excludes halogenated alkanes) is 3. The summed E-state index contributed by atoms with van der Waals surface area (Å²) in [6.45, 7) is 3.05. The second kappa shape index (κ2) is 7.41. The summed E-state index contributed by atoms with van der Waals surface area (Å²) in [7, 11) is 1.85. The molecule has 0 rings (SSSR count). The number of hydrogen-bond acceptors (Lipinski definition) is 2. The molecule has 0 heterocycles. The van der Waals surface area contributed by atoms with Crippen LogP contribution in [0.2, 0.25) is 0 Å². The van der Waals surface area contributed by atoms with E-state index in [4.69, 9.17) is 11.0 Å². The minimum absolute atomic E-state index is 0.305. The van der Waals surface area contributed by atoms with Gasteiger partial charge in [-0.1, -0.05) is 26.2 Å². The van der Waals surface area contributed by atoms with Crippen LogP contribution in [0.25, 0.3) is 0 Å². The molecule has 0 saturated heterocycles. The molecule has 0 radical (unpaired) electrons. The van der Waals surface area contributed by atoms with E-state index in [0.29, 0.717) is 5.96 Å². The maximum absolute atomic E-state index is 8.25. The average Bonchev–Trinajstić information content (AvgIpc) is 2.12. The van der Waals surface area contributed by atoms with Gasteiger partial charge in [-0.05, 0) is 6.42 Å². The molecule has 0 bridgehead atoms. The van der Waals surface area contributed by atoms with Crippen molar-refractivity contribution in [1.29, 1.82) is 5.26 Å². The first kappa shape index (κ1) is 11.8. The van der Waals surface area contributed by atoms with Crippen molar-refractivity contribution in [3.63, 3.8) is 0 Å². The molecule has 74 valence electrons. The number of nitriles is 1. The zero-order valence-corrected chi connectivity index (χ0v) is 8.45. The van der Waals surface area contributed by atoms with Crippen molar-refractivity contribution in [3.05, 3.63) is 0 Å². The van der Waals surface area contributed by atoms with Crippen molar-refractivity contribution in [2.45, 2.75) is 32.6 Å². The van der Waals surface area contributed by atoms with Gasteiger partial charge in [-0.2, -0.15) is 5.26 Å². The molecule has 0 aromatic rings. The first-order valence-electron chi connectivity index (χ1n) is 4.65. The fourth-order valence-corrected chi connectivity index (χ4v) is 1.03. The summed E-state index contributed by atoms with van der Waals surface area (Å²) in [5, 5.41) is 8.25. The van der Waals surface area contributed by atoms with Crippen LogP contribution < -0.4 is 5.73 Å². The van der Waals surface area contributed by atoms with Gasteiger partial charge in [0, 0.05) is 13.6 Å². The Bertz CT molecular complexity index is 192. The molecule has 0 aliphatic heterocycles.